The van der Waals surface area contributed by atoms with Crippen molar-refractivity contribution in [1.82, 2.24) is 5.32 Å². The van der Waals surface area contributed by atoms with Crippen LogP contribution in [-0.4, -0.2) is 34.9 Å². The molecule has 0 bridgehead atoms. The average molecular weight is 750 g/mol. The Morgan fingerprint density at radius 3 is 0.849 bits per heavy atom. The lowest BCUT2D eigenvalue weighted by Crippen LogP contribution is -2.45. The third-order valence-electron chi connectivity index (χ3n) is 11.9. The summed E-state index contributed by atoms with van der Waals surface area (Å²) >= 11 is 0. The van der Waals surface area contributed by atoms with E-state index in [9.17, 15) is 15.0 Å². The minimum Gasteiger partial charge on any atom is -0.394 e. The fraction of sp³-hybridized carbons (Fsp3) is 0.980. The molecule has 2 atom stereocenters. The van der Waals surface area contributed by atoms with Crippen molar-refractivity contribution in [3.05, 3.63) is 0 Å². The predicted octanol–water partition coefficient (Wildman–Crippen LogP) is 15.6. The molecule has 0 rings (SSSR count). The minimum absolute atomic E-state index is 0.0239. The van der Waals surface area contributed by atoms with E-state index < -0.39 is 12.1 Å². The molecule has 1 amide bonds. The monoisotopic (exact) mass is 750 g/mol. The zero-order valence-electron chi connectivity index (χ0n) is 36.6. The van der Waals surface area contributed by atoms with Gasteiger partial charge in [-0.05, 0) is 12.8 Å². The van der Waals surface area contributed by atoms with Crippen molar-refractivity contribution in [3.8, 4) is 0 Å². The highest BCUT2D eigenvalue weighted by atomic mass is 16.3. The molecule has 0 aromatic heterocycles. The molecular formula is C49H99NO3. The average Bonchev–Trinajstić information content (AvgIpc) is 3.16. The number of rotatable bonds is 46. The molecule has 0 radical (unpaired) electrons. The Labute approximate surface area is 334 Å². The Kier molecular flexibility index (Phi) is 45.3. The van der Waals surface area contributed by atoms with Gasteiger partial charge in [0.1, 0.15) is 0 Å². The van der Waals surface area contributed by atoms with Crippen LogP contribution in [0.4, 0.5) is 0 Å². The fourth-order valence-corrected chi connectivity index (χ4v) is 8.07. The minimum atomic E-state index is -0.653. The third-order valence-corrected chi connectivity index (χ3v) is 11.9. The summed E-state index contributed by atoms with van der Waals surface area (Å²) in [5.74, 6) is -0.0239. The van der Waals surface area contributed by atoms with Crippen molar-refractivity contribution in [2.75, 3.05) is 6.61 Å². The summed E-state index contributed by atoms with van der Waals surface area (Å²) in [4.78, 5) is 12.4. The lowest BCUT2D eigenvalue weighted by Gasteiger charge is -2.22. The first-order valence-electron chi connectivity index (χ1n) is 24.7. The van der Waals surface area contributed by atoms with Crippen molar-refractivity contribution in [2.24, 2.45) is 0 Å². The molecule has 318 valence electrons. The standard InChI is InChI=1S/C49H99NO3/c1-3-5-7-9-11-13-15-17-19-21-22-23-24-25-26-27-28-29-31-33-35-37-39-41-43-45-49(53)50-47(46-51)48(52)44-42-40-38-36-34-32-30-20-18-16-14-12-10-8-6-4-2/h47-48,51-52H,3-46H2,1-2H3,(H,50,53). The van der Waals surface area contributed by atoms with E-state index in [0.29, 0.717) is 12.8 Å². The first kappa shape index (κ1) is 52.4. The van der Waals surface area contributed by atoms with Crippen molar-refractivity contribution >= 4 is 5.91 Å². The van der Waals surface area contributed by atoms with Crippen molar-refractivity contribution in [1.29, 1.82) is 0 Å². The number of nitrogens with one attached hydrogen (secondary N) is 1. The highest BCUT2D eigenvalue weighted by Gasteiger charge is 2.20. The van der Waals surface area contributed by atoms with Crippen molar-refractivity contribution in [2.45, 2.75) is 302 Å². The van der Waals surface area contributed by atoms with E-state index in [4.69, 9.17) is 0 Å². The largest absolute Gasteiger partial charge is 0.394 e. The molecule has 4 heteroatoms. The van der Waals surface area contributed by atoms with Gasteiger partial charge in [0, 0.05) is 6.42 Å². The van der Waals surface area contributed by atoms with Gasteiger partial charge in [-0.15, -0.1) is 0 Å². The summed E-state index contributed by atoms with van der Waals surface area (Å²) in [5, 5.41) is 23.2. The van der Waals surface area contributed by atoms with Gasteiger partial charge in [0.25, 0.3) is 0 Å². The summed E-state index contributed by atoms with van der Waals surface area (Å²) < 4.78 is 0. The molecule has 0 aliphatic heterocycles. The Balaban J connectivity index is 3.41. The predicted molar refractivity (Wildman–Crippen MR) is 235 cm³/mol. The molecule has 0 saturated heterocycles. The van der Waals surface area contributed by atoms with Crippen molar-refractivity contribution in [3.63, 3.8) is 0 Å². The van der Waals surface area contributed by atoms with Gasteiger partial charge in [-0.2, -0.15) is 0 Å². The van der Waals surface area contributed by atoms with E-state index in [2.05, 4.69) is 19.2 Å². The van der Waals surface area contributed by atoms with E-state index in [1.54, 1.807) is 0 Å². The molecular weight excluding hydrogens is 651 g/mol. The highest BCUT2D eigenvalue weighted by Crippen LogP contribution is 2.18. The van der Waals surface area contributed by atoms with Crippen LogP contribution in [0.2, 0.25) is 0 Å². The zero-order chi connectivity index (χ0) is 38.6. The Bertz CT molecular complexity index is 685. The van der Waals surface area contributed by atoms with Crippen molar-refractivity contribution < 1.29 is 15.0 Å². The smallest absolute Gasteiger partial charge is 0.220 e. The molecule has 53 heavy (non-hydrogen) atoms. The number of carbonyl (C=O) groups excluding carboxylic acids is 1. The van der Waals surface area contributed by atoms with Gasteiger partial charge in [0.15, 0.2) is 0 Å². The van der Waals surface area contributed by atoms with Crippen LogP contribution in [0.5, 0.6) is 0 Å². The fourth-order valence-electron chi connectivity index (χ4n) is 8.07. The maximum atomic E-state index is 12.4. The van der Waals surface area contributed by atoms with Crippen LogP contribution in [0.15, 0.2) is 0 Å². The zero-order valence-corrected chi connectivity index (χ0v) is 36.6. The van der Waals surface area contributed by atoms with Gasteiger partial charge in [-0.25, -0.2) is 0 Å². The highest BCUT2D eigenvalue weighted by molar-refractivity contribution is 5.76. The lowest BCUT2D eigenvalue weighted by atomic mass is 10.0. The number of carbonyl (C=O) groups is 1. The van der Waals surface area contributed by atoms with Crippen LogP contribution in [-0.2, 0) is 4.79 Å². The number of hydrogen-bond acceptors (Lipinski definition) is 3. The van der Waals surface area contributed by atoms with Crippen LogP contribution < -0.4 is 5.32 Å². The Hall–Kier alpha value is -0.610. The molecule has 0 aliphatic rings. The molecule has 0 saturated carbocycles. The number of aliphatic hydroxyl groups is 2. The lowest BCUT2D eigenvalue weighted by molar-refractivity contribution is -0.123. The molecule has 0 aromatic carbocycles. The number of hydrogen-bond donors (Lipinski definition) is 3. The van der Waals surface area contributed by atoms with E-state index >= 15 is 0 Å². The first-order valence-corrected chi connectivity index (χ1v) is 24.7. The topological polar surface area (TPSA) is 69.6 Å². The molecule has 0 aliphatic carbocycles. The first-order chi connectivity index (χ1) is 26.2. The second-order valence-electron chi connectivity index (χ2n) is 17.3. The normalized spacial score (nSPS) is 12.8. The van der Waals surface area contributed by atoms with Gasteiger partial charge < -0.3 is 15.5 Å². The summed E-state index contributed by atoms with van der Waals surface area (Å²) in [7, 11) is 0. The number of unbranched alkanes of at least 4 members (excludes halogenated alkanes) is 39. The maximum Gasteiger partial charge on any atom is 0.220 e. The maximum absolute atomic E-state index is 12.4. The van der Waals surface area contributed by atoms with E-state index in [1.807, 2.05) is 0 Å². The van der Waals surface area contributed by atoms with Crippen LogP contribution in [0, 0.1) is 0 Å². The van der Waals surface area contributed by atoms with Gasteiger partial charge >= 0.3 is 0 Å². The Morgan fingerprint density at radius 2 is 0.604 bits per heavy atom. The van der Waals surface area contributed by atoms with Gasteiger partial charge in [-0.1, -0.05) is 271 Å². The van der Waals surface area contributed by atoms with E-state index in [0.717, 1.165) is 25.7 Å². The third kappa shape index (κ3) is 42.4. The van der Waals surface area contributed by atoms with Gasteiger partial charge in [-0.3, -0.25) is 4.79 Å². The second-order valence-corrected chi connectivity index (χ2v) is 17.3. The molecule has 0 aromatic rings. The van der Waals surface area contributed by atoms with Crippen LogP contribution in [0.3, 0.4) is 0 Å². The molecule has 2 unspecified atom stereocenters. The molecule has 0 fully saturated rings. The van der Waals surface area contributed by atoms with E-state index in [1.165, 1.54) is 238 Å². The quantitative estimate of drug-likeness (QED) is 0.0543. The molecule has 4 nitrogen and oxygen atoms in total. The molecule has 3 N–H and O–H groups in total. The van der Waals surface area contributed by atoms with E-state index in [-0.39, 0.29) is 12.5 Å². The SMILES string of the molecule is CCCCCCCCCCCCCCCCCCCCCCCCCCCC(=O)NC(CO)C(O)CCCCCCCCCCCCCCCCCC. The van der Waals surface area contributed by atoms with Gasteiger partial charge in [0.05, 0.1) is 18.8 Å². The van der Waals surface area contributed by atoms with Crippen LogP contribution >= 0.6 is 0 Å². The van der Waals surface area contributed by atoms with Gasteiger partial charge in [0.2, 0.25) is 5.91 Å². The summed E-state index contributed by atoms with van der Waals surface area (Å²) in [6, 6.07) is -0.530. The Morgan fingerprint density at radius 1 is 0.377 bits per heavy atom. The summed E-state index contributed by atoms with van der Waals surface area (Å²) in [6.45, 7) is 4.39. The summed E-state index contributed by atoms with van der Waals surface area (Å²) in [6.07, 6.45) is 56.3. The summed E-state index contributed by atoms with van der Waals surface area (Å²) in [5.41, 5.74) is 0. The second kappa shape index (κ2) is 45.8. The molecule has 0 spiro atoms. The number of aliphatic hydroxyl groups excluding tert-OH is 2. The van der Waals surface area contributed by atoms with Crippen LogP contribution in [0.1, 0.15) is 290 Å². The number of amides is 1. The van der Waals surface area contributed by atoms with Crippen LogP contribution in [0.25, 0.3) is 0 Å². The molecule has 0 heterocycles.